The van der Waals surface area contributed by atoms with Crippen LogP contribution >= 0.6 is 0 Å². The molecule has 3 aromatic rings. The minimum absolute atomic E-state index is 0.535. The number of hydrogen-bond acceptors (Lipinski definition) is 5. The third kappa shape index (κ3) is 5.28. The molecule has 0 saturated carbocycles. The quantitative estimate of drug-likeness (QED) is 0.559. The summed E-state index contributed by atoms with van der Waals surface area (Å²) in [6.45, 7) is 0. The van der Waals surface area contributed by atoms with Crippen LogP contribution in [0.25, 0.3) is 0 Å². The summed E-state index contributed by atoms with van der Waals surface area (Å²) in [6, 6.07) is 17.0. The molecule has 0 radical (unpaired) electrons. The van der Waals surface area contributed by atoms with E-state index in [2.05, 4.69) is 23.7 Å². The lowest BCUT2D eigenvalue weighted by atomic mass is 10.1. The molecular formula is C27H24O5. The molecular weight excluding hydrogens is 404 g/mol. The second-order valence-corrected chi connectivity index (χ2v) is 6.56. The van der Waals surface area contributed by atoms with Crippen LogP contribution in [0, 0.1) is 23.7 Å². The first kappa shape index (κ1) is 22.5. The van der Waals surface area contributed by atoms with Crippen molar-refractivity contribution in [2.45, 2.75) is 0 Å². The number of methoxy groups -OCH3 is 5. The molecule has 0 aromatic heterocycles. The van der Waals surface area contributed by atoms with Crippen LogP contribution in [0.3, 0.4) is 0 Å². The average Bonchev–Trinajstić information content (AvgIpc) is 2.85. The Labute approximate surface area is 188 Å². The van der Waals surface area contributed by atoms with Gasteiger partial charge in [-0.25, -0.2) is 0 Å². The maximum absolute atomic E-state index is 5.39. The van der Waals surface area contributed by atoms with Gasteiger partial charge in [-0.1, -0.05) is 29.7 Å². The third-order valence-electron chi connectivity index (χ3n) is 4.61. The number of hydrogen-bond donors (Lipinski definition) is 0. The van der Waals surface area contributed by atoms with Gasteiger partial charge in [0.05, 0.1) is 35.5 Å². The summed E-state index contributed by atoms with van der Waals surface area (Å²) in [5.41, 5.74) is 3.28. The van der Waals surface area contributed by atoms with Crippen molar-refractivity contribution in [3.8, 4) is 52.4 Å². The predicted molar refractivity (Wildman–Crippen MR) is 124 cm³/mol. The molecule has 0 heterocycles. The van der Waals surface area contributed by atoms with Crippen molar-refractivity contribution in [2.75, 3.05) is 35.5 Å². The maximum atomic E-state index is 5.39. The normalized spacial score (nSPS) is 9.53. The summed E-state index contributed by atoms with van der Waals surface area (Å²) in [6.07, 6.45) is 0. The van der Waals surface area contributed by atoms with E-state index in [0.29, 0.717) is 28.7 Å². The Balaban J connectivity index is 1.87. The fraction of sp³-hybridized carbons (Fsp3) is 0.185. The standard InChI is InChI=1S/C27H24O5/c1-28-23-14-13-21(16-24(23)29-2)10-9-19-7-6-8-20(15-19)11-12-22-17-25(30-3)27(32-5)26(18-22)31-4/h6-8,13-18H,1-5H3. The van der Waals surface area contributed by atoms with Gasteiger partial charge < -0.3 is 23.7 Å². The van der Waals surface area contributed by atoms with E-state index < -0.39 is 0 Å². The smallest absolute Gasteiger partial charge is 0.203 e. The summed E-state index contributed by atoms with van der Waals surface area (Å²) >= 11 is 0. The van der Waals surface area contributed by atoms with Crippen molar-refractivity contribution < 1.29 is 23.7 Å². The van der Waals surface area contributed by atoms with Crippen LogP contribution < -0.4 is 23.7 Å². The van der Waals surface area contributed by atoms with Gasteiger partial charge in [-0.15, -0.1) is 0 Å². The average molecular weight is 428 g/mol. The molecule has 3 rings (SSSR count). The van der Waals surface area contributed by atoms with E-state index in [1.807, 2.05) is 54.6 Å². The molecule has 0 aliphatic rings. The highest BCUT2D eigenvalue weighted by atomic mass is 16.5. The highest BCUT2D eigenvalue weighted by molar-refractivity contribution is 5.58. The maximum Gasteiger partial charge on any atom is 0.203 e. The number of benzene rings is 3. The van der Waals surface area contributed by atoms with Gasteiger partial charge in [0.2, 0.25) is 5.75 Å². The van der Waals surface area contributed by atoms with Gasteiger partial charge in [0.25, 0.3) is 0 Å². The molecule has 0 saturated heterocycles. The Hall–Kier alpha value is -4.22. The first-order valence-corrected chi connectivity index (χ1v) is 9.78. The summed E-state index contributed by atoms with van der Waals surface area (Å²) in [5, 5.41) is 0. The Morgan fingerprint density at radius 3 is 1.41 bits per heavy atom. The Bertz CT molecular complexity index is 1200. The van der Waals surface area contributed by atoms with Crippen molar-refractivity contribution in [3.05, 3.63) is 76.9 Å². The van der Waals surface area contributed by atoms with E-state index in [4.69, 9.17) is 23.7 Å². The fourth-order valence-electron chi connectivity index (χ4n) is 3.03. The van der Waals surface area contributed by atoms with E-state index in [1.54, 1.807) is 35.5 Å². The lowest BCUT2D eigenvalue weighted by molar-refractivity contribution is 0.324. The number of rotatable bonds is 5. The van der Waals surface area contributed by atoms with Crippen LogP contribution in [0.4, 0.5) is 0 Å². The fourth-order valence-corrected chi connectivity index (χ4v) is 3.03. The molecule has 0 N–H and O–H groups in total. The largest absolute Gasteiger partial charge is 0.493 e. The minimum Gasteiger partial charge on any atom is -0.493 e. The summed E-state index contributed by atoms with van der Waals surface area (Å²) in [7, 11) is 7.93. The molecule has 0 amide bonds. The molecule has 0 spiro atoms. The van der Waals surface area contributed by atoms with Gasteiger partial charge in [0.1, 0.15) is 0 Å². The minimum atomic E-state index is 0.535. The Kier molecular flexibility index (Phi) is 7.51. The zero-order chi connectivity index (χ0) is 22.9. The molecule has 0 atom stereocenters. The van der Waals surface area contributed by atoms with E-state index >= 15 is 0 Å². The topological polar surface area (TPSA) is 46.2 Å². The van der Waals surface area contributed by atoms with Gasteiger partial charge in [0, 0.05) is 22.3 Å². The highest BCUT2D eigenvalue weighted by Crippen LogP contribution is 2.38. The van der Waals surface area contributed by atoms with E-state index in [9.17, 15) is 0 Å². The zero-order valence-corrected chi connectivity index (χ0v) is 18.7. The summed E-state index contributed by atoms with van der Waals surface area (Å²) < 4.78 is 26.7. The second kappa shape index (κ2) is 10.7. The Morgan fingerprint density at radius 1 is 0.438 bits per heavy atom. The van der Waals surface area contributed by atoms with Gasteiger partial charge >= 0.3 is 0 Å². The van der Waals surface area contributed by atoms with Crippen LogP contribution in [-0.4, -0.2) is 35.5 Å². The van der Waals surface area contributed by atoms with Gasteiger partial charge in [-0.05, 0) is 48.5 Å². The molecule has 5 nitrogen and oxygen atoms in total. The molecule has 3 aromatic carbocycles. The molecule has 5 heteroatoms. The van der Waals surface area contributed by atoms with Crippen LogP contribution in [-0.2, 0) is 0 Å². The van der Waals surface area contributed by atoms with Crippen LogP contribution in [0.2, 0.25) is 0 Å². The molecule has 0 bridgehead atoms. The number of ether oxygens (including phenoxy) is 5. The van der Waals surface area contributed by atoms with E-state index in [1.165, 1.54) is 0 Å². The summed E-state index contributed by atoms with van der Waals surface area (Å²) in [5.74, 6) is 15.6. The molecule has 0 aliphatic carbocycles. The van der Waals surface area contributed by atoms with Gasteiger partial charge in [-0.2, -0.15) is 0 Å². The van der Waals surface area contributed by atoms with Crippen molar-refractivity contribution >= 4 is 0 Å². The molecule has 0 fully saturated rings. The Morgan fingerprint density at radius 2 is 0.906 bits per heavy atom. The first-order valence-electron chi connectivity index (χ1n) is 9.78. The molecule has 0 unspecified atom stereocenters. The third-order valence-corrected chi connectivity index (χ3v) is 4.61. The van der Waals surface area contributed by atoms with Crippen molar-refractivity contribution in [2.24, 2.45) is 0 Å². The SMILES string of the molecule is COc1ccc(C#Cc2cccc(C#Cc3cc(OC)c(OC)c(OC)c3)c2)cc1OC. The summed E-state index contributed by atoms with van der Waals surface area (Å²) in [4.78, 5) is 0. The van der Waals surface area contributed by atoms with Gasteiger partial charge in [-0.3, -0.25) is 0 Å². The lowest BCUT2D eigenvalue weighted by Gasteiger charge is -2.12. The zero-order valence-electron chi connectivity index (χ0n) is 18.7. The van der Waals surface area contributed by atoms with E-state index in [0.717, 1.165) is 22.3 Å². The molecule has 162 valence electrons. The predicted octanol–water partition coefficient (Wildman–Crippen LogP) is 4.53. The molecule has 32 heavy (non-hydrogen) atoms. The van der Waals surface area contributed by atoms with Crippen LogP contribution in [0.1, 0.15) is 22.3 Å². The second-order valence-electron chi connectivity index (χ2n) is 6.56. The van der Waals surface area contributed by atoms with Crippen molar-refractivity contribution in [3.63, 3.8) is 0 Å². The van der Waals surface area contributed by atoms with Crippen LogP contribution in [0.5, 0.6) is 28.7 Å². The van der Waals surface area contributed by atoms with E-state index in [-0.39, 0.29) is 0 Å². The van der Waals surface area contributed by atoms with Gasteiger partial charge in [0.15, 0.2) is 23.0 Å². The van der Waals surface area contributed by atoms with Crippen LogP contribution in [0.15, 0.2) is 54.6 Å². The van der Waals surface area contributed by atoms with Crippen molar-refractivity contribution in [1.82, 2.24) is 0 Å². The van der Waals surface area contributed by atoms with Crippen molar-refractivity contribution in [1.29, 1.82) is 0 Å². The highest BCUT2D eigenvalue weighted by Gasteiger charge is 2.12. The lowest BCUT2D eigenvalue weighted by Crippen LogP contribution is -1.95. The first-order chi connectivity index (χ1) is 15.6. The monoisotopic (exact) mass is 428 g/mol. The molecule has 0 aliphatic heterocycles.